The minimum Gasteiger partial charge on any atom is -0.497 e. The van der Waals surface area contributed by atoms with Crippen molar-refractivity contribution in [2.75, 3.05) is 32.6 Å². The molecule has 4 rings (SSSR count). The van der Waals surface area contributed by atoms with Crippen LogP contribution in [0.4, 0.5) is 5.69 Å². The molecule has 1 aliphatic heterocycles. The lowest BCUT2D eigenvalue weighted by Gasteiger charge is -2.25. The molecule has 0 aliphatic carbocycles. The highest BCUT2D eigenvalue weighted by molar-refractivity contribution is 5.97. The fraction of sp³-hybridized carbons (Fsp3) is 0.290. The summed E-state index contributed by atoms with van der Waals surface area (Å²) in [5, 5.41) is 3.16. The molecular formula is C31H37N5O3. The van der Waals surface area contributed by atoms with E-state index in [1.807, 2.05) is 104 Å². The highest BCUT2D eigenvalue weighted by Crippen LogP contribution is 2.31. The van der Waals surface area contributed by atoms with E-state index in [0.29, 0.717) is 17.0 Å². The fourth-order valence-electron chi connectivity index (χ4n) is 4.49. The second-order valence-electron chi connectivity index (χ2n) is 9.95. The molecule has 1 aromatic heterocycles. The van der Waals surface area contributed by atoms with Crippen LogP contribution in [0.5, 0.6) is 5.75 Å². The summed E-state index contributed by atoms with van der Waals surface area (Å²) in [4.78, 5) is 31.6. The summed E-state index contributed by atoms with van der Waals surface area (Å²) in [6.07, 6.45) is 9.91. The van der Waals surface area contributed by atoms with Crippen molar-refractivity contribution >= 4 is 17.5 Å². The number of anilines is 1. The lowest BCUT2D eigenvalue weighted by molar-refractivity contribution is 0.0818. The van der Waals surface area contributed by atoms with E-state index in [2.05, 4.69) is 17.1 Å². The summed E-state index contributed by atoms with van der Waals surface area (Å²) < 4.78 is 7.40. The number of amides is 2. The van der Waals surface area contributed by atoms with Crippen molar-refractivity contribution in [3.63, 3.8) is 0 Å². The molecule has 8 heteroatoms. The van der Waals surface area contributed by atoms with Gasteiger partial charge < -0.3 is 29.3 Å². The third-order valence-corrected chi connectivity index (χ3v) is 6.94. The molecule has 0 unspecified atom stereocenters. The number of aryl methyl sites for hydroxylation is 2. The van der Waals surface area contributed by atoms with Gasteiger partial charge in [-0.1, -0.05) is 6.07 Å². The number of methoxy groups -OCH3 is 1. The number of benzene rings is 2. The molecule has 1 N–H and O–H groups in total. The van der Waals surface area contributed by atoms with Gasteiger partial charge in [0, 0.05) is 75.5 Å². The maximum Gasteiger partial charge on any atom is 0.269 e. The Labute approximate surface area is 230 Å². The van der Waals surface area contributed by atoms with Gasteiger partial charge in [0.2, 0.25) is 0 Å². The van der Waals surface area contributed by atoms with Crippen LogP contribution in [0.2, 0.25) is 0 Å². The smallest absolute Gasteiger partial charge is 0.269 e. The summed E-state index contributed by atoms with van der Waals surface area (Å²) >= 11 is 0. The van der Waals surface area contributed by atoms with Crippen LogP contribution >= 0.6 is 0 Å². The number of hydrogen-bond donors (Lipinski definition) is 1. The molecule has 2 amide bonds. The van der Waals surface area contributed by atoms with Gasteiger partial charge in [0.25, 0.3) is 11.8 Å². The lowest BCUT2D eigenvalue weighted by Crippen LogP contribution is -2.27. The highest BCUT2D eigenvalue weighted by atomic mass is 16.5. The highest BCUT2D eigenvalue weighted by Gasteiger charge is 2.19. The minimum atomic E-state index is -0.283. The maximum absolute atomic E-state index is 13.4. The van der Waals surface area contributed by atoms with Gasteiger partial charge in [0.15, 0.2) is 0 Å². The van der Waals surface area contributed by atoms with Crippen LogP contribution in [0.3, 0.4) is 0 Å². The molecule has 8 nitrogen and oxygen atoms in total. The first-order valence-electron chi connectivity index (χ1n) is 13.0. The second-order valence-corrected chi connectivity index (χ2v) is 9.95. The van der Waals surface area contributed by atoms with Gasteiger partial charge in [-0.3, -0.25) is 9.59 Å². The summed E-state index contributed by atoms with van der Waals surface area (Å²) in [5.74, 6) is 0.462. The van der Waals surface area contributed by atoms with Crippen LogP contribution in [0.1, 0.15) is 51.9 Å². The van der Waals surface area contributed by atoms with Crippen molar-refractivity contribution in [2.45, 2.75) is 26.8 Å². The van der Waals surface area contributed by atoms with E-state index >= 15 is 0 Å². The molecular weight excluding hydrogens is 490 g/mol. The monoisotopic (exact) mass is 527 g/mol. The number of carbonyl (C=O) groups excluding carboxylic acids is 2. The van der Waals surface area contributed by atoms with Crippen LogP contribution in [0.25, 0.3) is 11.1 Å². The summed E-state index contributed by atoms with van der Waals surface area (Å²) in [5.41, 5.74) is 5.73. The first-order valence-corrected chi connectivity index (χ1v) is 13.0. The molecule has 2 aromatic carbocycles. The standard InChI is InChI=1S/C31H37N5O3/c1-8-35-11-13-36(14-12-35)26-10-9-21(2)28(19-26)30(37)32-22(3)23-15-24(17-27(16-23)39-7)25-18-29(34(6)20-25)31(38)33(4)5/h9-20,22H,8H2,1-7H3,(H,32,37)/t22-/m1/s1. The van der Waals surface area contributed by atoms with Crippen molar-refractivity contribution in [2.24, 2.45) is 7.05 Å². The zero-order valence-electron chi connectivity index (χ0n) is 23.7. The van der Waals surface area contributed by atoms with Crippen molar-refractivity contribution in [1.29, 1.82) is 0 Å². The lowest BCUT2D eigenvalue weighted by atomic mass is 10.00. The fourth-order valence-corrected chi connectivity index (χ4v) is 4.49. The van der Waals surface area contributed by atoms with Gasteiger partial charge in [-0.25, -0.2) is 0 Å². The Morgan fingerprint density at radius 1 is 1.00 bits per heavy atom. The first kappa shape index (κ1) is 27.6. The van der Waals surface area contributed by atoms with E-state index in [4.69, 9.17) is 4.74 Å². The number of carbonyl (C=O) groups is 2. The van der Waals surface area contributed by atoms with Gasteiger partial charge in [0.05, 0.1) is 13.2 Å². The molecule has 3 aromatic rings. The van der Waals surface area contributed by atoms with Crippen molar-refractivity contribution < 1.29 is 14.3 Å². The molecule has 2 heterocycles. The van der Waals surface area contributed by atoms with Gasteiger partial charge in [0.1, 0.15) is 11.4 Å². The molecule has 1 atom stereocenters. The number of nitrogens with zero attached hydrogens (tertiary/aromatic N) is 4. The predicted molar refractivity (Wildman–Crippen MR) is 156 cm³/mol. The Kier molecular flexibility index (Phi) is 8.14. The molecule has 0 saturated heterocycles. The number of hydrogen-bond acceptors (Lipinski definition) is 5. The Balaban J connectivity index is 1.58. The molecule has 39 heavy (non-hydrogen) atoms. The van der Waals surface area contributed by atoms with Crippen LogP contribution in [-0.2, 0) is 7.05 Å². The molecule has 204 valence electrons. The van der Waals surface area contributed by atoms with Gasteiger partial charge >= 0.3 is 0 Å². The first-order chi connectivity index (χ1) is 18.6. The van der Waals surface area contributed by atoms with Gasteiger partial charge in [-0.2, -0.15) is 0 Å². The maximum atomic E-state index is 13.4. The molecule has 0 radical (unpaired) electrons. The average Bonchev–Trinajstić information content (AvgIpc) is 3.33. The molecule has 0 spiro atoms. The second kappa shape index (κ2) is 11.5. The van der Waals surface area contributed by atoms with Crippen molar-refractivity contribution in [3.8, 4) is 16.9 Å². The zero-order valence-corrected chi connectivity index (χ0v) is 23.7. The summed E-state index contributed by atoms with van der Waals surface area (Å²) in [6, 6.07) is 13.4. The van der Waals surface area contributed by atoms with E-state index in [9.17, 15) is 9.59 Å². The number of aromatic nitrogens is 1. The van der Waals surface area contributed by atoms with Crippen LogP contribution in [-0.4, -0.2) is 53.9 Å². The average molecular weight is 528 g/mol. The normalized spacial score (nSPS) is 13.4. The Morgan fingerprint density at radius 3 is 2.36 bits per heavy atom. The van der Waals surface area contributed by atoms with Crippen molar-refractivity contribution in [3.05, 3.63) is 95.8 Å². The zero-order chi connectivity index (χ0) is 28.3. The van der Waals surface area contributed by atoms with E-state index in [1.54, 1.807) is 26.1 Å². The Hall–Kier alpha value is -4.46. The predicted octanol–water partition coefficient (Wildman–Crippen LogP) is 5.29. The third kappa shape index (κ3) is 6.00. The van der Waals surface area contributed by atoms with Crippen LogP contribution < -0.4 is 15.0 Å². The Bertz CT molecular complexity index is 1420. The van der Waals surface area contributed by atoms with E-state index < -0.39 is 0 Å². The topological polar surface area (TPSA) is 70.1 Å². The van der Waals surface area contributed by atoms with Crippen LogP contribution in [0.15, 0.2) is 73.5 Å². The SMILES string of the molecule is CCN1C=CN(c2ccc(C)c(C(=O)N[C@H](C)c3cc(OC)cc(-c4cc(C(=O)N(C)C)n(C)c4)c3)c2)C=C1. The number of ether oxygens (including phenoxy) is 1. The molecule has 1 aliphatic rings. The third-order valence-electron chi connectivity index (χ3n) is 6.94. The number of rotatable bonds is 8. The van der Waals surface area contributed by atoms with Crippen molar-refractivity contribution in [1.82, 2.24) is 19.7 Å². The quantitative estimate of drug-likeness (QED) is 0.431. The van der Waals surface area contributed by atoms with E-state index in [1.165, 1.54) is 0 Å². The van der Waals surface area contributed by atoms with Gasteiger partial charge in [-0.15, -0.1) is 0 Å². The Morgan fingerprint density at radius 2 is 1.72 bits per heavy atom. The molecule has 0 fully saturated rings. The summed E-state index contributed by atoms with van der Waals surface area (Å²) in [6.45, 7) is 6.88. The molecule has 0 saturated carbocycles. The van der Waals surface area contributed by atoms with E-state index in [-0.39, 0.29) is 17.9 Å². The van der Waals surface area contributed by atoms with Gasteiger partial charge in [-0.05, 0) is 73.9 Å². The largest absolute Gasteiger partial charge is 0.497 e. The van der Waals surface area contributed by atoms with E-state index in [0.717, 1.165) is 34.5 Å². The molecule has 0 bridgehead atoms. The summed E-state index contributed by atoms with van der Waals surface area (Å²) in [7, 11) is 6.95. The minimum absolute atomic E-state index is 0.0664. The number of nitrogens with one attached hydrogen (secondary N) is 1. The van der Waals surface area contributed by atoms with Crippen LogP contribution in [0, 0.1) is 6.92 Å².